The number of nitrogens with two attached hydrogens (primary N) is 1. The fourth-order valence-corrected chi connectivity index (χ4v) is 2.07. The van der Waals surface area contributed by atoms with Crippen molar-refractivity contribution in [3.8, 4) is 0 Å². The average Bonchev–Trinajstić information content (AvgIpc) is 2.33. The van der Waals surface area contributed by atoms with Crippen molar-refractivity contribution in [1.82, 2.24) is 4.90 Å². The van der Waals surface area contributed by atoms with E-state index in [2.05, 4.69) is 43.8 Å². The van der Waals surface area contributed by atoms with Crippen molar-refractivity contribution >= 4 is 11.5 Å². The highest BCUT2D eigenvalue weighted by Gasteiger charge is 2.13. The molecule has 0 heterocycles. The Kier molecular flexibility index (Phi) is 5.83. The molecule has 0 radical (unpaired) electrons. The molecule has 1 rings (SSSR count). The number of nitrogen functional groups attached to an aromatic ring is 1. The molecule has 1 aromatic carbocycles. The van der Waals surface area contributed by atoms with Gasteiger partial charge in [0, 0.05) is 30.9 Å². The maximum atomic E-state index is 7.73. The number of hydrogen-bond acceptors (Lipinski definition) is 3. The Morgan fingerprint density at radius 2 is 1.89 bits per heavy atom. The second-order valence-electron chi connectivity index (χ2n) is 5.22. The Morgan fingerprint density at radius 1 is 1.21 bits per heavy atom. The maximum Gasteiger partial charge on any atom is 0.124 e. The third kappa shape index (κ3) is 4.56. The van der Waals surface area contributed by atoms with Gasteiger partial charge in [0.1, 0.15) is 5.84 Å². The van der Waals surface area contributed by atoms with Crippen LogP contribution in [-0.4, -0.2) is 44.5 Å². The van der Waals surface area contributed by atoms with Crippen molar-refractivity contribution in [2.75, 3.05) is 38.6 Å². The van der Waals surface area contributed by atoms with E-state index in [4.69, 9.17) is 11.1 Å². The predicted octanol–water partition coefficient (Wildman–Crippen LogP) is 2.06. The molecular weight excluding hydrogens is 236 g/mol. The van der Waals surface area contributed by atoms with E-state index in [9.17, 15) is 0 Å². The zero-order chi connectivity index (χ0) is 14.4. The van der Waals surface area contributed by atoms with Crippen LogP contribution in [0.2, 0.25) is 0 Å². The molecule has 0 saturated heterocycles. The average molecular weight is 262 g/mol. The first-order valence-electron chi connectivity index (χ1n) is 6.80. The van der Waals surface area contributed by atoms with Crippen LogP contribution in [-0.2, 0) is 0 Å². The summed E-state index contributed by atoms with van der Waals surface area (Å²) >= 11 is 0. The van der Waals surface area contributed by atoms with Gasteiger partial charge >= 0.3 is 0 Å². The quantitative estimate of drug-likeness (QED) is 0.584. The third-order valence-electron chi connectivity index (χ3n) is 3.09. The number of benzene rings is 1. The highest BCUT2D eigenvalue weighted by molar-refractivity contribution is 6.00. The van der Waals surface area contributed by atoms with Crippen molar-refractivity contribution < 1.29 is 0 Å². The molecule has 1 aromatic rings. The van der Waals surface area contributed by atoms with Crippen LogP contribution in [0.15, 0.2) is 18.2 Å². The number of aryl methyl sites for hydroxylation is 1. The van der Waals surface area contributed by atoms with Crippen molar-refractivity contribution in [3.63, 3.8) is 0 Å². The second kappa shape index (κ2) is 7.14. The summed E-state index contributed by atoms with van der Waals surface area (Å²) in [6.07, 6.45) is 1.08. The number of nitrogens with one attached hydrogen (secondary N) is 1. The molecule has 0 unspecified atom stereocenters. The number of hydrogen-bond donors (Lipinski definition) is 2. The Bertz CT molecular complexity index is 426. The lowest BCUT2D eigenvalue weighted by molar-refractivity contribution is 0.413. The van der Waals surface area contributed by atoms with Crippen molar-refractivity contribution in [2.24, 2.45) is 5.73 Å². The van der Waals surface area contributed by atoms with Gasteiger partial charge in [0.15, 0.2) is 0 Å². The van der Waals surface area contributed by atoms with Crippen LogP contribution in [0.25, 0.3) is 0 Å². The molecule has 3 N–H and O–H groups in total. The van der Waals surface area contributed by atoms with Gasteiger partial charge in [0.25, 0.3) is 0 Å². The first kappa shape index (κ1) is 15.5. The second-order valence-corrected chi connectivity index (χ2v) is 5.22. The lowest BCUT2D eigenvalue weighted by Gasteiger charge is -2.28. The van der Waals surface area contributed by atoms with Gasteiger partial charge in [-0.2, -0.15) is 0 Å². The molecule has 0 amide bonds. The summed E-state index contributed by atoms with van der Waals surface area (Å²) in [5.74, 6) is 0.140. The van der Waals surface area contributed by atoms with Crippen molar-refractivity contribution in [2.45, 2.75) is 20.3 Å². The summed E-state index contributed by atoms with van der Waals surface area (Å²) in [6.45, 7) is 7.17. The molecule has 0 spiro atoms. The van der Waals surface area contributed by atoms with Crippen LogP contribution in [0, 0.1) is 12.3 Å². The van der Waals surface area contributed by atoms with Gasteiger partial charge in [0.05, 0.1) is 0 Å². The first-order valence-corrected chi connectivity index (χ1v) is 6.80. The van der Waals surface area contributed by atoms with E-state index < -0.39 is 0 Å². The van der Waals surface area contributed by atoms with Crippen LogP contribution in [0.4, 0.5) is 5.69 Å². The molecular formula is C15H26N4. The van der Waals surface area contributed by atoms with E-state index in [1.807, 2.05) is 12.1 Å². The molecule has 0 fully saturated rings. The monoisotopic (exact) mass is 262 g/mol. The molecule has 0 aliphatic carbocycles. The number of amidine groups is 1. The lowest BCUT2D eigenvalue weighted by Crippen LogP contribution is -2.34. The fraction of sp³-hybridized carbons (Fsp3) is 0.533. The summed E-state index contributed by atoms with van der Waals surface area (Å²) in [6, 6.07) is 6.09. The van der Waals surface area contributed by atoms with Gasteiger partial charge in [-0.15, -0.1) is 0 Å². The maximum absolute atomic E-state index is 7.73. The van der Waals surface area contributed by atoms with Gasteiger partial charge in [-0.25, -0.2) is 0 Å². The summed E-state index contributed by atoms with van der Waals surface area (Å²) < 4.78 is 0. The topological polar surface area (TPSA) is 56.4 Å². The van der Waals surface area contributed by atoms with Gasteiger partial charge in [-0.1, -0.05) is 13.0 Å². The smallest absolute Gasteiger partial charge is 0.124 e. The Morgan fingerprint density at radius 3 is 2.42 bits per heavy atom. The van der Waals surface area contributed by atoms with E-state index in [1.165, 1.54) is 5.56 Å². The summed E-state index contributed by atoms with van der Waals surface area (Å²) in [7, 11) is 4.15. The minimum absolute atomic E-state index is 0.140. The standard InChI is InChI=1S/C15H26N4/c1-5-8-19(10-9-18(3)4)14-11-12(2)6-7-13(14)15(16)17/h6-7,11H,5,8-10H2,1-4H3,(H3,16,17). The molecule has 0 aliphatic rings. The molecule has 0 atom stereocenters. The molecule has 4 heteroatoms. The van der Waals surface area contributed by atoms with Crippen LogP contribution < -0.4 is 10.6 Å². The van der Waals surface area contributed by atoms with Crippen molar-refractivity contribution in [3.05, 3.63) is 29.3 Å². The minimum Gasteiger partial charge on any atom is -0.384 e. The largest absolute Gasteiger partial charge is 0.384 e. The van der Waals surface area contributed by atoms with Gasteiger partial charge in [-0.05, 0) is 45.1 Å². The van der Waals surface area contributed by atoms with Gasteiger partial charge in [-0.3, -0.25) is 5.41 Å². The highest BCUT2D eigenvalue weighted by Crippen LogP contribution is 2.22. The van der Waals surface area contributed by atoms with Crippen LogP contribution in [0.3, 0.4) is 0 Å². The predicted molar refractivity (Wildman–Crippen MR) is 83.3 cm³/mol. The van der Waals surface area contributed by atoms with Crippen LogP contribution >= 0.6 is 0 Å². The number of anilines is 1. The zero-order valence-electron chi connectivity index (χ0n) is 12.5. The molecule has 0 aromatic heterocycles. The number of nitrogens with zero attached hydrogens (tertiary/aromatic N) is 2. The molecule has 19 heavy (non-hydrogen) atoms. The Hall–Kier alpha value is -1.55. The lowest BCUT2D eigenvalue weighted by atomic mass is 10.1. The SMILES string of the molecule is CCCN(CCN(C)C)c1cc(C)ccc1C(=N)N. The van der Waals surface area contributed by atoms with E-state index in [1.54, 1.807) is 0 Å². The van der Waals surface area contributed by atoms with E-state index in [0.29, 0.717) is 0 Å². The van der Waals surface area contributed by atoms with Gasteiger partial charge < -0.3 is 15.5 Å². The highest BCUT2D eigenvalue weighted by atomic mass is 15.2. The number of rotatable bonds is 7. The first-order chi connectivity index (χ1) is 8.95. The molecule has 4 nitrogen and oxygen atoms in total. The zero-order valence-corrected chi connectivity index (χ0v) is 12.5. The van der Waals surface area contributed by atoms with Crippen LogP contribution in [0.1, 0.15) is 24.5 Å². The molecule has 0 bridgehead atoms. The molecule has 0 saturated carbocycles. The van der Waals surface area contributed by atoms with E-state index in [-0.39, 0.29) is 5.84 Å². The Labute approximate surface area is 116 Å². The fourth-order valence-electron chi connectivity index (χ4n) is 2.07. The van der Waals surface area contributed by atoms with Crippen molar-refractivity contribution in [1.29, 1.82) is 5.41 Å². The Balaban J connectivity index is 3.05. The third-order valence-corrected chi connectivity index (χ3v) is 3.09. The van der Waals surface area contributed by atoms with Crippen LogP contribution in [0.5, 0.6) is 0 Å². The molecule has 106 valence electrons. The van der Waals surface area contributed by atoms with E-state index >= 15 is 0 Å². The summed E-state index contributed by atoms with van der Waals surface area (Å²) in [5.41, 5.74) is 8.81. The summed E-state index contributed by atoms with van der Waals surface area (Å²) in [5, 5.41) is 7.73. The minimum atomic E-state index is 0.140. The van der Waals surface area contributed by atoms with E-state index in [0.717, 1.165) is 37.3 Å². The normalized spacial score (nSPS) is 10.8. The summed E-state index contributed by atoms with van der Waals surface area (Å²) in [4.78, 5) is 4.50. The van der Waals surface area contributed by atoms with Gasteiger partial charge in [0.2, 0.25) is 0 Å². The number of likely N-dealkylation sites (N-methyl/N-ethyl adjacent to an activating group) is 1. The molecule has 0 aliphatic heterocycles.